The van der Waals surface area contributed by atoms with Gasteiger partial charge in [0.15, 0.2) is 0 Å². The number of carboxylic acid groups (broad SMARTS) is 1. The van der Waals surface area contributed by atoms with Crippen molar-refractivity contribution in [1.29, 1.82) is 0 Å². The van der Waals surface area contributed by atoms with Crippen molar-refractivity contribution >= 4 is 21.9 Å². The lowest BCUT2D eigenvalue weighted by atomic mass is 10.0. The topological polar surface area (TPSA) is 113 Å². The Morgan fingerprint density at radius 3 is 2.37 bits per heavy atom. The van der Waals surface area contributed by atoms with E-state index in [1.165, 1.54) is 0 Å². The van der Waals surface area contributed by atoms with Crippen molar-refractivity contribution in [3.05, 3.63) is 0 Å². The van der Waals surface area contributed by atoms with Crippen molar-refractivity contribution in [1.82, 2.24) is 10.0 Å². The molecule has 19 heavy (non-hydrogen) atoms. The number of amides is 1. The van der Waals surface area contributed by atoms with Crippen molar-refractivity contribution in [3.8, 4) is 0 Å². The lowest BCUT2D eigenvalue weighted by molar-refractivity contribution is -0.141. The van der Waals surface area contributed by atoms with Crippen LogP contribution < -0.4 is 10.0 Å². The van der Waals surface area contributed by atoms with Crippen molar-refractivity contribution in [2.75, 3.05) is 19.3 Å². The first-order valence-electron chi connectivity index (χ1n) is 6.25. The number of carbonyl (C=O) groups is 2. The van der Waals surface area contributed by atoms with Gasteiger partial charge < -0.3 is 10.4 Å². The summed E-state index contributed by atoms with van der Waals surface area (Å²) in [5.41, 5.74) is 0. The average Bonchev–Trinajstić information content (AvgIpc) is 2.76. The summed E-state index contributed by atoms with van der Waals surface area (Å²) in [7, 11) is -3.19. The number of carbonyl (C=O) groups excluding carboxylic acids is 1. The lowest BCUT2D eigenvalue weighted by Crippen LogP contribution is -2.32. The van der Waals surface area contributed by atoms with Gasteiger partial charge in [0.05, 0.1) is 12.2 Å². The molecule has 7 nitrogen and oxygen atoms in total. The third kappa shape index (κ3) is 6.02. The van der Waals surface area contributed by atoms with Gasteiger partial charge in [0.2, 0.25) is 15.9 Å². The van der Waals surface area contributed by atoms with Gasteiger partial charge in [-0.2, -0.15) is 0 Å². The SMILES string of the molecule is CS(=O)(=O)NCCCNC(=O)[C@@H]1CC[C@H](C(=O)O)C1. The maximum absolute atomic E-state index is 11.7. The molecule has 0 heterocycles. The second kappa shape index (κ2) is 6.85. The standard InChI is InChI=1S/C11H20N2O5S/c1-19(17,18)13-6-2-5-12-10(14)8-3-4-9(7-8)11(15)16/h8-9,13H,2-7H2,1H3,(H,12,14)(H,15,16)/t8-,9+/m1/s1. The number of rotatable bonds is 7. The Morgan fingerprint density at radius 2 is 1.84 bits per heavy atom. The Kier molecular flexibility index (Phi) is 5.74. The summed E-state index contributed by atoms with van der Waals surface area (Å²) in [6.45, 7) is 0.664. The van der Waals surface area contributed by atoms with E-state index in [-0.39, 0.29) is 18.4 Å². The lowest BCUT2D eigenvalue weighted by Gasteiger charge is -2.10. The van der Waals surface area contributed by atoms with Gasteiger partial charge in [-0.3, -0.25) is 9.59 Å². The van der Waals surface area contributed by atoms with Crippen LogP contribution in [0.2, 0.25) is 0 Å². The zero-order valence-corrected chi connectivity index (χ0v) is 11.7. The zero-order valence-electron chi connectivity index (χ0n) is 10.9. The van der Waals surface area contributed by atoms with Gasteiger partial charge in [-0.25, -0.2) is 13.1 Å². The highest BCUT2D eigenvalue weighted by Crippen LogP contribution is 2.30. The molecule has 8 heteroatoms. The van der Waals surface area contributed by atoms with Crippen LogP contribution >= 0.6 is 0 Å². The van der Waals surface area contributed by atoms with E-state index >= 15 is 0 Å². The normalized spacial score (nSPS) is 23.2. The Hall–Kier alpha value is -1.15. The van der Waals surface area contributed by atoms with Crippen LogP contribution in [0.3, 0.4) is 0 Å². The minimum absolute atomic E-state index is 0.136. The predicted octanol–water partition coefficient (Wildman–Crippen LogP) is -0.457. The molecule has 0 saturated heterocycles. The second-order valence-electron chi connectivity index (χ2n) is 4.86. The van der Waals surface area contributed by atoms with Crippen LogP contribution in [-0.2, 0) is 19.6 Å². The van der Waals surface area contributed by atoms with Crippen LogP contribution in [0.4, 0.5) is 0 Å². The first-order chi connectivity index (χ1) is 8.79. The molecule has 1 saturated carbocycles. The van der Waals surface area contributed by atoms with Crippen LogP contribution in [-0.4, -0.2) is 44.7 Å². The summed E-state index contributed by atoms with van der Waals surface area (Å²) in [6.07, 6.45) is 3.13. The van der Waals surface area contributed by atoms with Crippen molar-refractivity contribution in [2.45, 2.75) is 25.7 Å². The number of hydrogen-bond donors (Lipinski definition) is 3. The minimum Gasteiger partial charge on any atom is -0.481 e. The van der Waals surface area contributed by atoms with Gasteiger partial charge in [0, 0.05) is 19.0 Å². The Bertz CT molecular complexity index is 434. The summed E-state index contributed by atoms with van der Waals surface area (Å²) in [5.74, 6) is -1.62. The summed E-state index contributed by atoms with van der Waals surface area (Å²) in [6, 6.07) is 0. The highest BCUT2D eigenvalue weighted by molar-refractivity contribution is 7.88. The van der Waals surface area contributed by atoms with E-state index in [4.69, 9.17) is 5.11 Å². The number of hydrogen-bond acceptors (Lipinski definition) is 4. The van der Waals surface area contributed by atoms with E-state index in [1.54, 1.807) is 0 Å². The van der Waals surface area contributed by atoms with Crippen LogP contribution in [0.1, 0.15) is 25.7 Å². The molecule has 0 aromatic rings. The maximum Gasteiger partial charge on any atom is 0.306 e. The van der Waals surface area contributed by atoms with Gasteiger partial charge in [-0.05, 0) is 25.7 Å². The van der Waals surface area contributed by atoms with Gasteiger partial charge in [0.1, 0.15) is 0 Å². The van der Waals surface area contributed by atoms with Crippen LogP contribution in [0.25, 0.3) is 0 Å². The molecule has 1 aliphatic rings. The number of carboxylic acids is 1. The third-order valence-corrected chi connectivity index (χ3v) is 3.90. The predicted molar refractivity (Wildman–Crippen MR) is 68.9 cm³/mol. The van der Waals surface area contributed by atoms with Gasteiger partial charge in [-0.15, -0.1) is 0 Å². The molecule has 110 valence electrons. The monoisotopic (exact) mass is 292 g/mol. The minimum atomic E-state index is -3.19. The Morgan fingerprint density at radius 1 is 1.21 bits per heavy atom. The molecule has 0 spiro atoms. The fourth-order valence-corrected chi connectivity index (χ4v) is 2.66. The van der Waals surface area contributed by atoms with Crippen LogP contribution in [0.5, 0.6) is 0 Å². The third-order valence-electron chi connectivity index (χ3n) is 3.17. The molecule has 0 aromatic carbocycles. The average molecular weight is 292 g/mol. The number of nitrogens with one attached hydrogen (secondary N) is 2. The van der Waals surface area contributed by atoms with Crippen molar-refractivity contribution in [2.24, 2.45) is 11.8 Å². The van der Waals surface area contributed by atoms with Gasteiger partial charge in [-0.1, -0.05) is 0 Å². The maximum atomic E-state index is 11.7. The zero-order chi connectivity index (χ0) is 14.5. The molecule has 1 aliphatic carbocycles. The summed E-state index contributed by atoms with van der Waals surface area (Å²) >= 11 is 0. The molecule has 0 aromatic heterocycles. The quantitative estimate of drug-likeness (QED) is 0.550. The fraction of sp³-hybridized carbons (Fsp3) is 0.818. The number of aliphatic carboxylic acids is 1. The van der Waals surface area contributed by atoms with E-state index < -0.39 is 21.9 Å². The fourth-order valence-electron chi connectivity index (χ4n) is 2.15. The van der Waals surface area contributed by atoms with E-state index in [0.29, 0.717) is 32.2 Å². The van der Waals surface area contributed by atoms with Crippen LogP contribution in [0.15, 0.2) is 0 Å². The Labute approximate surface area is 112 Å². The Balaban J connectivity index is 2.17. The summed E-state index contributed by atoms with van der Waals surface area (Å²) in [4.78, 5) is 22.5. The van der Waals surface area contributed by atoms with E-state index in [0.717, 1.165) is 6.26 Å². The molecule has 0 aliphatic heterocycles. The number of sulfonamides is 1. The molecule has 1 fully saturated rings. The molecular formula is C11H20N2O5S. The molecule has 0 bridgehead atoms. The summed E-state index contributed by atoms with van der Waals surface area (Å²) < 4.78 is 23.9. The second-order valence-corrected chi connectivity index (χ2v) is 6.69. The molecular weight excluding hydrogens is 272 g/mol. The molecule has 1 amide bonds. The molecule has 0 unspecified atom stereocenters. The molecule has 0 radical (unpaired) electrons. The van der Waals surface area contributed by atoms with Gasteiger partial charge >= 0.3 is 5.97 Å². The highest BCUT2D eigenvalue weighted by atomic mass is 32.2. The van der Waals surface area contributed by atoms with Crippen LogP contribution in [0, 0.1) is 11.8 Å². The van der Waals surface area contributed by atoms with Gasteiger partial charge in [0.25, 0.3) is 0 Å². The van der Waals surface area contributed by atoms with E-state index in [9.17, 15) is 18.0 Å². The smallest absolute Gasteiger partial charge is 0.306 e. The summed E-state index contributed by atoms with van der Waals surface area (Å²) in [5, 5.41) is 11.5. The first kappa shape index (κ1) is 15.9. The first-order valence-corrected chi connectivity index (χ1v) is 8.14. The molecule has 3 N–H and O–H groups in total. The van der Waals surface area contributed by atoms with E-state index in [1.807, 2.05) is 0 Å². The molecule has 1 rings (SSSR count). The largest absolute Gasteiger partial charge is 0.481 e. The van der Waals surface area contributed by atoms with Crippen molar-refractivity contribution < 1.29 is 23.1 Å². The molecule has 2 atom stereocenters. The van der Waals surface area contributed by atoms with Crippen molar-refractivity contribution in [3.63, 3.8) is 0 Å². The van der Waals surface area contributed by atoms with E-state index in [2.05, 4.69) is 10.0 Å². The highest BCUT2D eigenvalue weighted by Gasteiger charge is 2.33.